The lowest BCUT2D eigenvalue weighted by atomic mass is 10.0. The van der Waals surface area contributed by atoms with Gasteiger partial charge in [0.05, 0.1) is 5.52 Å². The van der Waals surface area contributed by atoms with E-state index in [9.17, 15) is 0 Å². The molecule has 0 saturated heterocycles. The monoisotopic (exact) mass is 265 g/mol. The van der Waals surface area contributed by atoms with Crippen molar-refractivity contribution in [3.8, 4) is 0 Å². The SMILES string of the molecule is Cc1c(Br)c2cccc(C(C)C)c2n1C. The molecule has 2 aromatic rings. The summed E-state index contributed by atoms with van der Waals surface area (Å²) in [5.74, 6) is 0.564. The summed E-state index contributed by atoms with van der Waals surface area (Å²) >= 11 is 3.66. The molecule has 2 rings (SSSR count). The lowest BCUT2D eigenvalue weighted by Crippen LogP contribution is -1.96. The number of fused-ring (bicyclic) bond motifs is 1. The number of nitrogens with zero attached hydrogens (tertiary/aromatic N) is 1. The third-order valence-electron chi connectivity index (χ3n) is 3.08. The zero-order valence-electron chi connectivity index (χ0n) is 9.63. The van der Waals surface area contributed by atoms with Gasteiger partial charge in [-0.1, -0.05) is 32.0 Å². The predicted molar refractivity (Wildman–Crippen MR) is 69.4 cm³/mol. The molecule has 0 aliphatic carbocycles. The van der Waals surface area contributed by atoms with Crippen molar-refractivity contribution in [1.82, 2.24) is 4.57 Å². The Morgan fingerprint density at radius 3 is 2.53 bits per heavy atom. The lowest BCUT2D eigenvalue weighted by Gasteiger charge is -2.09. The smallest absolute Gasteiger partial charge is 0.0526 e. The Morgan fingerprint density at radius 2 is 1.93 bits per heavy atom. The van der Waals surface area contributed by atoms with Gasteiger partial charge in [-0.05, 0) is 34.3 Å². The van der Waals surface area contributed by atoms with E-state index in [1.54, 1.807) is 0 Å². The Labute approximate surface area is 99.2 Å². The van der Waals surface area contributed by atoms with Crippen LogP contribution < -0.4 is 0 Å². The fourth-order valence-corrected chi connectivity index (χ4v) is 2.67. The van der Waals surface area contributed by atoms with Gasteiger partial charge < -0.3 is 4.57 Å². The molecule has 0 aliphatic heterocycles. The fourth-order valence-electron chi connectivity index (χ4n) is 2.09. The van der Waals surface area contributed by atoms with Crippen LogP contribution in [-0.4, -0.2) is 4.57 Å². The second-order valence-electron chi connectivity index (χ2n) is 4.36. The van der Waals surface area contributed by atoms with Gasteiger partial charge in [0.2, 0.25) is 0 Å². The third kappa shape index (κ3) is 1.51. The average Bonchev–Trinajstić information content (AvgIpc) is 2.44. The molecule has 0 bridgehead atoms. The number of hydrogen-bond donors (Lipinski definition) is 0. The second-order valence-corrected chi connectivity index (χ2v) is 5.15. The van der Waals surface area contributed by atoms with Crippen LogP contribution in [0.4, 0.5) is 0 Å². The molecule has 0 amide bonds. The number of para-hydroxylation sites is 1. The zero-order chi connectivity index (χ0) is 11.2. The summed E-state index contributed by atoms with van der Waals surface area (Å²) in [7, 11) is 2.13. The van der Waals surface area contributed by atoms with Crippen LogP contribution in [0.5, 0.6) is 0 Å². The van der Waals surface area contributed by atoms with Gasteiger partial charge in [0, 0.05) is 22.6 Å². The molecule has 2 heteroatoms. The van der Waals surface area contributed by atoms with Gasteiger partial charge >= 0.3 is 0 Å². The molecule has 80 valence electrons. The molecule has 1 heterocycles. The molecule has 15 heavy (non-hydrogen) atoms. The van der Waals surface area contributed by atoms with E-state index >= 15 is 0 Å². The minimum atomic E-state index is 0.564. The van der Waals surface area contributed by atoms with Crippen molar-refractivity contribution in [2.45, 2.75) is 26.7 Å². The number of benzene rings is 1. The summed E-state index contributed by atoms with van der Waals surface area (Å²) < 4.78 is 3.50. The Kier molecular flexibility index (Phi) is 2.63. The van der Waals surface area contributed by atoms with Crippen molar-refractivity contribution < 1.29 is 0 Å². The highest BCUT2D eigenvalue weighted by Gasteiger charge is 2.13. The van der Waals surface area contributed by atoms with Crippen LogP contribution in [0.15, 0.2) is 22.7 Å². The molecule has 0 fully saturated rings. The van der Waals surface area contributed by atoms with Crippen molar-refractivity contribution >= 4 is 26.8 Å². The molecule has 1 aromatic heterocycles. The van der Waals surface area contributed by atoms with Gasteiger partial charge in [-0.3, -0.25) is 0 Å². The van der Waals surface area contributed by atoms with E-state index in [0.717, 1.165) is 0 Å². The van der Waals surface area contributed by atoms with Crippen LogP contribution in [0.25, 0.3) is 10.9 Å². The molecule has 0 spiro atoms. The van der Waals surface area contributed by atoms with E-state index in [4.69, 9.17) is 0 Å². The Hall–Kier alpha value is -0.760. The number of aromatic nitrogens is 1. The molecule has 0 N–H and O–H groups in total. The maximum atomic E-state index is 3.66. The largest absolute Gasteiger partial charge is 0.347 e. The van der Waals surface area contributed by atoms with Gasteiger partial charge in [0.1, 0.15) is 0 Å². The van der Waals surface area contributed by atoms with E-state index in [2.05, 4.69) is 66.5 Å². The fraction of sp³-hybridized carbons (Fsp3) is 0.385. The van der Waals surface area contributed by atoms with Crippen molar-refractivity contribution in [3.63, 3.8) is 0 Å². The number of aryl methyl sites for hydroxylation is 1. The predicted octanol–water partition coefficient (Wildman–Crippen LogP) is 4.37. The van der Waals surface area contributed by atoms with Crippen LogP contribution in [0.3, 0.4) is 0 Å². The Morgan fingerprint density at radius 1 is 1.27 bits per heavy atom. The number of rotatable bonds is 1. The Bertz CT molecular complexity index is 509. The summed E-state index contributed by atoms with van der Waals surface area (Å²) in [4.78, 5) is 0. The molecular weight excluding hydrogens is 250 g/mol. The van der Waals surface area contributed by atoms with E-state index in [1.165, 1.54) is 26.6 Å². The van der Waals surface area contributed by atoms with Crippen LogP contribution in [0.1, 0.15) is 31.0 Å². The second kappa shape index (κ2) is 3.67. The van der Waals surface area contributed by atoms with Gasteiger partial charge in [-0.15, -0.1) is 0 Å². The third-order valence-corrected chi connectivity index (χ3v) is 4.08. The maximum absolute atomic E-state index is 3.66. The molecular formula is C13H16BrN. The summed E-state index contributed by atoms with van der Waals surface area (Å²) in [6.45, 7) is 6.63. The van der Waals surface area contributed by atoms with Crippen LogP contribution >= 0.6 is 15.9 Å². The summed E-state index contributed by atoms with van der Waals surface area (Å²) in [6.07, 6.45) is 0. The maximum Gasteiger partial charge on any atom is 0.0526 e. The van der Waals surface area contributed by atoms with Gasteiger partial charge in [-0.25, -0.2) is 0 Å². The van der Waals surface area contributed by atoms with Crippen LogP contribution in [-0.2, 0) is 7.05 Å². The first-order valence-corrected chi connectivity index (χ1v) is 6.06. The summed E-state index contributed by atoms with van der Waals surface area (Å²) in [5.41, 5.74) is 4.07. The highest BCUT2D eigenvalue weighted by molar-refractivity contribution is 9.10. The molecule has 0 aliphatic rings. The lowest BCUT2D eigenvalue weighted by molar-refractivity contribution is 0.847. The van der Waals surface area contributed by atoms with Crippen molar-refractivity contribution in [1.29, 1.82) is 0 Å². The van der Waals surface area contributed by atoms with Crippen LogP contribution in [0, 0.1) is 6.92 Å². The highest BCUT2D eigenvalue weighted by Crippen LogP contribution is 2.34. The minimum absolute atomic E-state index is 0.564. The topological polar surface area (TPSA) is 4.93 Å². The first-order valence-electron chi connectivity index (χ1n) is 5.27. The van der Waals surface area contributed by atoms with E-state index in [0.29, 0.717) is 5.92 Å². The van der Waals surface area contributed by atoms with E-state index < -0.39 is 0 Å². The van der Waals surface area contributed by atoms with Gasteiger partial charge in [0.15, 0.2) is 0 Å². The quantitative estimate of drug-likeness (QED) is 0.722. The van der Waals surface area contributed by atoms with Crippen molar-refractivity contribution in [3.05, 3.63) is 33.9 Å². The zero-order valence-corrected chi connectivity index (χ0v) is 11.2. The van der Waals surface area contributed by atoms with Crippen molar-refractivity contribution in [2.75, 3.05) is 0 Å². The van der Waals surface area contributed by atoms with E-state index in [1.807, 2.05) is 0 Å². The standard InChI is InChI=1S/C13H16BrN/c1-8(2)10-6-5-7-11-12(14)9(3)15(4)13(10)11/h5-8H,1-4H3. The first kappa shape index (κ1) is 10.7. The van der Waals surface area contributed by atoms with E-state index in [-0.39, 0.29) is 0 Å². The normalized spacial score (nSPS) is 11.6. The van der Waals surface area contributed by atoms with Crippen molar-refractivity contribution in [2.24, 2.45) is 7.05 Å². The highest BCUT2D eigenvalue weighted by atomic mass is 79.9. The van der Waals surface area contributed by atoms with Gasteiger partial charge in [-0.2, -0.15) is 0 Å². The number of hydrogen-bond acceptors (Lipinski definition) is 0. The van der Waals surface area contributed by atoms with Gasteiger partial charge in [0.25, 0.3) is 0 Å². The number of halogens is 1. The molecule has 0 radical (unpaired) electrons. The minimum Gasteiger partial charge on any atom is -0.347 e. The molecule has 0 saturated carbocycles. The summed E-state index contributed by atoms with van der Waals surface area (Å²) in [5, 5.41) is 1.32. The Balaban J connectivity index is 2.92. The molecule has 1 aromatic carbocycles. The summed E-state index contributed by atoms with van der Waals surface area (Å²) in [6, 6.07) is 6.54. The molecule has 1 nitrogen and oxygen atoms in total. The first-order chi connectivity index (χ1) is 7.04. The van der Waals surface area contributed by atoms with Crippen LogP contribution in [0.2, 0.25) is 0 Å². The average molecular weight is 266 g/mol. The molecule has 0 unspecified atom stereocenters. The molecule has 0 atom stereocenters.